The summed E-state index contributed by atoms with van der Waals surface area (Å²) in [6.07, 6.45) is 2.82. The minimum atomic E-state index is 0.703. The smallest absolute Gasteiger partial charge is 0.0109 e. The third kappa shape index (κ3) is 2.27. The Morgan fingerprint density at radius 3 is 2.29 bits per heavy atom. The lowest BCUT2D eigenvalue weighted by Crippen LogP contribution is -2.58. The van der Waals surface area contributed by atoms with E-state index in [1.807, 2.05) is 0 Å². The zero-order chi connectivity index (χ0) is 10.0. The van der Waals surface area contributed by atoms with Crippen molar-refractivity contribution in [3.05, 3.63) is 0 Å². The Kier molecular flexibility index (Phi) is 3.10. The Morgan fingerprint density at radius 2 is 1.86 bits per heavy atom. The van der Waals surface area contributed by atoms with Gasteiger partial charge in [0.1, 0.15) is 0 Å². The van der Waals surface area contributed by atoms with E-state index in [-0.39, 0.29) is 0 Å². The fourth-order valence-corrected chi connectivity index (χ4v) is 2.42. The molecule has 0 bridgehead atoms. The van der Waals surface area contributed by atoms with Gasteiger partial charge in [0.25, 0.3) is 0 Å². The maximum atomic E-state index is 3.41. The number of rotatable bonds is 3. The van der Waals surface area contributed by atoms with Gasteiger partial charge in [-0.3, -0.25) is 0 Å². The SMILES string of the molecule is CN(C)CCN1CCC2(CC1)CNC2. The molecule has 3 heteroatoms. The van der Waals surface area contributed by atoms with Crippen molar-refractivity contribution in [1.29, 1.82) is 0 Å². The summed E-state index contributed by atoms with van der Waals surface area (Å²) < 4.78 is 0. The van der Waals surface area contributed by atoms with Gasteiger partial charge in [-0.05, 0) is 45.4 Å². The summed E-state index contributed by atoms with van der Waals surface area (Å²) in [5, 5.41) is 3.41. The molecule has 2 saturated heterocycles. The number of nitrogens with one attached hydrogen (secondary N) is 1. The third-order valence-electron chi connectivity index (χ3n) is 3.78. The first-order valence-electron chi connectivity index (χ1n) is 5.78. The number of hydrogen-bond acceptors (Lipinski definition) is 3. The Morgan fingerprint density at radius 1 is 1.21 bits per heavy atom. The van der Waals surface area contributed by atoms with Crippen LogP contribution in [0.4, 0.5) is 0 Å². The molecule has 0 saturated carbocycles. The van der Waals surface area contributed by atoms with Crippen LogP contribution in [0.3, 0.4) is 0 Å². The second-order valence-corrected chi connectivity index (χ2v) is 5.25. The molecule has 0 aromatic heterocycles. The highest BCUT2D eigenvalue weighted by atomic mass is 15.2. The quantitative estimate of drug-likeness (QED) is 0.699. The van der Waals surface area contributed by atoms with Gasteiger partial charge in [0.15, 0.2) is 0 Å². The van der Waals surface area contributed by atoms with Gasteiger partial charge in [-0.1, -0.05) is 0 Å². The fraction of sp³-hybridized carbons (Fsp3) is 1.00. The second kappa shape index (κ2) is 4.17. The molecular formula is C11H23N3. The van der Waals surface area contributed by atoms with Crippen molar-refractivity contribution in [3.8, 4) is 0 Å². The van der Waals surface area contributed by atoms with Crippen molar-refractivity contribution in [2.75, 3.05) is 53.4 Å². The number of hydrogen-bond donors (Lipinski definition) is 1. The van der Waals surface area contributed by atoms with E-state index in [4.69, 9.17) is 0 Å². The van der Waals surface area contributed by atoms with Crippen molar-refractivity contribution in [2.24, 2.45) is 5.41 Å². The molecule has 2 aliphatic heterocycles. The van der Waals surface area contributed by atoms with Crippen LogP contribution in [-0.4, -0.2) is 63.2 Å². The monoisotopic (exact) mass is 197 g/mol. The van der Waals surface area contributed by atoms with Crippen molar-refractivity contribution in [3.63, 3.8) is 0 Å². The van der Waals surface area contributed by atoms with Crippen LogP contribution in [0.15, 0.2) is 0 Å². The zero-order valence-corrected chi connectivity index (χ0v) is 9.55. The Bertz CT molecular complexity index is 177. The second-order valence-electron chi connectivity index (χ2n) is 5.25. The van der Waals surface area contributed by atoms with Crippen molar-refractivity contribution >= 4 is 0 Å². The summed E-state index contributed by atoms with van der Waals surface area (Å²) in [7, 11) is 4.31. The molecule has 2 heterocycles. The van der Waals surface area contributed by atoms with Crippen LogP contribution < -0.4 is 5.32 Å². The Balaban J connectivity index is 1.68. The molecule has 0 unspecified atom stereocenters. The van der Waals surface area contributed by atoms with Gasteiger partial charge >= 0.3 is 0 Å². The van der Waals surface area contributed by atoms with Crippen LogP contribution in [0.25, 0.3) is 0 Å². The minimum absolute atomic E-state index is 0.703. The number of likely N-dealkylation sites (N-methyl/N-ethyl adjacent to an activating group) is 1. The van der Waals surface area contributed by atoms with E-state index in [2.05, 4.69) is 29.2 Å². The van der Waals surface area contributed by atoms with Crippen LogP contribution in [0.5, 0.6) is 0 Å². The topological polar surface area (TPSA) is 18.5 Å². The molecule has 2 rings (SSSR count). The van der Waals surface area contributed by atoms with Gasteiger partial charge in [0.05, 0.1) is 0 Å². The summed E-state index contributed by atoms with van der Waals surface area (Å²) in [6, 6.07) is 0. The highest BCUT2D eigenvalue weighted by molar-refractivity contribution is 4.95. The summed E-state index contributed by atoms with van der Waals surface area (Å²) in [5.74, 6) is 0. The average molecular weight is 197 g/mol. The summed E-state index contributed by atoms with van der Waals surface area (Å²) >= 11 is 0. The number of likely N-dealkylation sites (tertiary alicyclic amines) is 1. The standard InChI is InChI=1S/C11H23N3/c1-13(2)7-8-14-5-3-11(4-6-14)9-12-10-11/h12H,3-10H2,1-2H3. The molecule has 0 amide bonds. The van der Waals surface area contributed by atoms with Crippen LogP contribution >= 0.6 is 0 Å². The molecule has 0 radical (unpaired) electrons. The third-order valence-corrected chi connectivity index (χ3v) is 3.78. The van der Waals surface area contributed by atoms with Gasteiger partial charge in [0, 0.05) is 26.2 Å². The van der Waals surface area contributed by atoms with Crippen LogP contribution in [0, 0.1) is 5.41 Å². The van der Waals surface area contributed by atoms with Gasteiger partial charge in [-0.2, -0.15) is 0 Å². The first-order valence-corrected chi connectivity index (χ1v) is 5.78. The van der Waals surface area contributed by atoms with Crippen molar-refractivity contribution in [2.45, 2.75) is 12.8 Å². The highest BCUT2D eigenvalue weighted by Gasteiger charge is 2.39. The predicted octanol–water partition coefficient (Wildman–Crippen LogP) is 0.233. The Labute approximate surface area is 87.4 Å². The largest absolute Gasteiger partial charge is 0.316 e. The van der Waals surface area contributed by atoms with E-state index in [1.165, 1.54) is 52.1 Å². The van der Waals surface area contributed by atoms with Gasteiger partial charge in [0.2, 0.25) is 0 Å². The van der Waals surface area contributed by atoms with Gasteiger partial charge < -0.3 is 15.1 Å². The molecule has 1 spiro atoms. The molecule has 2 fully saturated rings. The van der Waals surface area contributed by atoms with E-state index < -0.39 is 0 Å². The van der Waals surface area contributed by atoms with Crippen LogP contribution in [0.1, 0.15) is 12.8 Å². The van der Waals surface area contributed by atoms with E-state index >= 15 is 0 Å². The molecule has 0 aromatic rings. The maximum absolute atomic E-state index is 3.41. The molecule has 0 atom stereocenters. The van der Waals surface area contributed by atoms with E-state index in [0.717, 1.165) is 0 Å². The molecule has 1 N–H and O–H groups in total. The number of piperidine rings is 1. The van der Waals surface area contributed by atoms with Crippen LogP contribution in [0.2, 0.25) is 0 Å². The average Bonchev–Trinajstić information content (AvgIpc) is 2.13. The molecule has 82 valence electrons. The fourth-order valence-electron chi connectivity index (χ4n) is 2.42. The summed E-state index contributed by atoms with van der Waals surface area (Å²) in [5.41, 5.74) is 0.703. The first-order chi connectivity index (χ1) is 6.70. The highest BCUT2D eigenvalue weighted by Crippen LogP contribution is 2.34. The minimum Gasteiger partial charge on any atom is -0.316 e. The van der Waals surface area contributed by atoms with E-state index in [9.17, 15) is 0 Å². The predicted molar refractivity (Wildman–Crippen MR) is 59.5 cm³/mol. The van der Waals surface area contributed by atoms with Gasteiger partial charge in [-0.15, -0.1) is 0 Å². The molecular weight excluding hydrogens is 174 g/mol. The normalized spacial score (nSPS) is 26.8. The molecule has 14 heavy (non-hydrogen) atoms. The molecule has 3 nitrogen and oxygen atoms in total. The number of nitrogens with zero attached hydrogens (tertiary/aromatic N) is 2. The lowest BCUT2D eigenvalue weighted by molar-refractivity contribution is 0.0528. The van der Waals surface area contributed by atoms with Crippen molar-refractivity contribution in [1.82, 2.24) is 15.1 Å². The Hall–Kier alpha value is -0.120. The first kappa shape index (κ1) is 10.4. The lowest BCUT2D eigenvalue weighted by atomic mass is 9.73. The molecule has 0 aliphatic carbocycles. The summed E-state index contributed by atoms with van der Waals surface area (Å²) in [4.78, 5) is 4.89. The lowest BCUT2D eigenvalue weighted by Gasteiger charge is -2.48. The zero-order valence-electron chi connectivity index (χ0n) is 9.55. The summed E-state index contributed by atoms with van der Waals surface area (Å²) in [6.45, 7) is 7.62. The van der Waals surface area contributed by atoms with Crippen molar-refractivity contribution < 1.29 is 0 Å². The van der Waals surface area contributed by atoms with E-state index in [0.29, 0.717) is 5.41 Å². The van der Waals surface area contributed by atoms with Gasteiger partial charge in [-0.25, -0.2) is 0 Å². The van der Waals surface area contributed by atoms with Crippen LogP contribution in [-0.2, 0) is 0 Å². The van der Waals surface area contributed by atoms with E-state index in [1.54, 1.807) is 0 Å². The molecule has 2 aliphatic rings. The molecule has 0 aromatic carbocycles. The maximum Gasteiger partial charge on any atom is 0.0109 e.